The van der Waals surface area contributed by atoms with E-state index in [1.165, 1.54) is 6.07 Å². The highest BCUT2D eigenvalue weighted by Crippen LogP contribution is 2.33. The summed E-state index contributed by atoms with van der Waals surface area (Å²) in [6.07, 6.45) is -5.46. The van der Waals surface area contributed by atoms with Crippen molar-refractivity contribution in [1.82, 2.24) is 5.32 Å². The molecule has 0 saturated carbocycles. The Morgan fingerprint density at radius 3 is 2.59 bits per heavy atom. The van der Waals surface area contributed by atoms with Gasteiger partial charge in [-0.05, 0) is 17.7 Å². The highest BCUT2D eigenvalue weighted by molar-refractivity contribution is 5.70. The molecular formula is C10H7F4NO2. The molecule has 1 aromatic rings. The van der Waals surface area contributed by atoms with Gasteiger partial charge in [0.25, 0.3) is 0 Å². The van der Waals surface area contributed by atoms with Crippen LogP contribution in [0.2, 0.25) is 0 Å². The van der Waals surface area contributed by atoms with Gasteiger partial charge in [-0.3, -0.25) is 0 Å². The number of carbonyl (C=O) groups excluding carboxylic acids is 1. The molecule has 17 heavy (non-hydrogen) atoms. The maximum absolute atomic E-state index is 13.0. The van der Waals surface area contributed by atoms with Gasteiger partial charge in [0, 0.05) is 0 Å². The zero-order valence-electron chi connectivity index (χ0n) is 8.34. The number of benzene rings is 1. The molecule has 0 aromatic heterocycles. The van der Waals surface area contributed by atoms with E-state index in [-0.39, 0.29) is 12.2 Å². The van der Waals surface area contributed by atoms with Crippen LogP contribution in [0.5, 0.6) is 0 Å². The number of alkyl halides is 3. The van der Waals surface area contributed by atoms with Crippen molar-refractivity contribution in [2.45, 2.75) is 12.2 Å². The van der Waals surface area contributed by atoms with Gasteiger partial charge in [0.05, 0.1) is 11.6 Å². The summed E-state index contributed by atoms with van der Waals surface area (Å²) in [5.41, 5.74) is -1.19. The van der Waals surface area contributed by atoms with E-state index in [0.29, 0.717) is 6.07 Å². The molecule has 0 aliphatic carbocycles. The minimum Gasteiger partial charge on any atom is -0.447 e. The third-order valence-corrected chi connectivity index (χ3v) is 2.37. The van der Waals surface area contributed by atoms with Crippen LogP contribution in [0.4, 0.5) is 22.4 Å². The maximum Gasteiger partial charge on any atom is 0.419 e. The van der Waals surface area contributed by atoms with Gasteiger partial charge >= 0.3 is 12.3 Å². The molecule has 1 aromatic carbocycles. The van der Waals surface area contributed by atoms with Crippen LogP contribution in [-0.2, 0) is 10.9 Å². The summed E-state index contributed by atoms with van der Waals surface area (Å²) in [6.45, 7) is -0.0677. The van der Waals surface area contributed by atoms with Gasteiger partial charge in [-0.15, -0.1) is 0 Å². The first kappa shape index (κ1) is 11.7. The van der Waals surface area contributed by atoms with Crippen LogP contribution < -0.4 is 5.32 Å². The van der Waals surface area contributed by atoms with Crippen molar-refractivity contribution in [2.24, 2.45) is 0 Å². The summed E-state index contributed by atoms with van der Waals surface area (Å²) in [7, 11) is 0. The van der Waals surface area contributed by atoms with E-state index in [9.17, 15) is 22.4 Å². The van der Waals surface area contributed by atoms with Crippen LogP contribution >= 0.6 is 0 Å². The molecule has 0 spiro atoms. The van der Waals surface area contributed by atoms with Gasteiger partial charge in [-0.2, -0.15) is 13.2 Å². The van der Waals surface area contributed by atoms with E-state index in [1.54, 1.807) is 0 Å². The predicted octanol–water partition coefficient (Wildman–Crippen LogP) is 2.63. The molecule has 1 saturated heterocycles. The number of cyclic esters (lactones) is 1. The van der Waals surface area contributed by atoms with E-state index >= 15 is 0 Å². The predicted molar refractivity (Wildman–Crippen MR) is 48.6 cm³/mol. The number of ether oxygens (including phenoxy) is 1. The minimum absolute atomic E-state index is 0.0677. The van der Waals surface area contributed by atoms with Gasteiger partial charge < -0.3 is 10.1 Å². The Kier molecular flexibility index (Phi) is 2.68. The first-order valence-corrected chi connectivity index (χ1v) is 4.68. The fourth-order valence-corrected chi connectivity index (χ4v) is 1.54. The van der Waals surface area contributed by atoms with Crippen molar-refractivity contribution < 1.29 is 27.1 Å². The first-order chi connectivity index (χ1) is 7.88. The minimum atomic E-state index is -4.76. The standard InChI is InChI=1S/C10H7F4NO2/c11-7-2-1-5(3-6(7)10(12,13)14)8-4-17-9(16)15-8/h1-3,8H,4H2,(H,15,16). The number of halogens is 4. The van der Waals surface area contributed by atoms with E-state index in [1.807, 2.05) is 0 Å². The number of rotatable bonds is 1. The molecule has 1 heterocycles. The summed E-state index contributed by atoms with van der Waals surface area (Å²) in [6, 6.07) is 1.91. The lowest BCUT2D eigenvalue weighted by Gasteiger charge is -2.12. The van der Waals surface area contributed by atoms with Crippen LogP contribution in [0.15, 0.2) is 18.2 Å². The number of hydrogen-bond acceptors (Lipinski definition) is 2. The topological polar surface area (TPSA) is 38.3 Å². The van der Waals surface area contributed by atoms with E-state index < -0.39 is 29.7 Å². The number of alkyl carbamates (subject to hydrolysis) is 1. The van der Waals surface area contributed by atoms with Crippen molar-refractivity contribution in [1.29, 1.82) is 0 Å². The fourth-order valence-electron chi connectivity index (χ4n) is 1.54. The van der Waals surface area contributed by atoms with Crippen LogP contribution in [0.1, 0.15) is 17.2 Å². The van der Waals surface area contributed by atoms with Gasteiger partial charge in [-0.25, -0.2) is 9.18 Å². The Labute approximate surface area is 93.4 Å². The molecular weight excluding hydrogens is 242 g/mol. The van der Waals surface area contributed by atoms with Crippen LogP contribution in [-0.4, -0.2) is 12.7 Å². The Hall–Kier alpha value is -1.79. The Balaban J connectivity index is 2.34. The van der Waals surface area contributed by atoms with E-state index in [2.05, 4.69) is 10.1 Å². The number of carbonyl (C=O) groups is 1. The van der Waals surface area contributed by atoms with Crippen molar-refractivity contribution in [3.63, 3.8) is 0 Å². The molecule has 1 aliphatic rings. The number of nitrogens with one attached hydrogen (secondary N) is 1. The average Bonchev–Trinajstić information content (AvgIpc) is 2.64. The summed E-state index contributed by atoms with van der Waals surface area (Å²) >= 11 is 0. The van der Waals surface area contributed by atoms with E-state index in [0.717, 1.165) is 6.07 Å². The zero-order chi connectivity index (χ0) is 12.6. The molecule has 1 N–H and O–H groups in total. The second-order valence-electron chi connectivity index (χ2n) is 3.53. The molecule has 0 radical (unpaired) electrons. The Morgan fingerprint density at radius 1 is 1.35 bits per heavy atom. The first-order valence-electron chi connectivity index (χ1n) is 4.68. The van der Waals surface area contributed by atoms with Gasteiger partial charge in [0.15, 0.2) is 0 Å². The third kappa shape index (κ3) is 2.32. The average molecular weight is 249 g/mol. The van der Waals surface area contributed by atoms with Gasteiger partial charge in [0.2, 0.25) is 0 Å². The Morgan fingerprint density at radius 2 is 2.06 bits per heavy atom. The lowest BCUT2D eigenvalue weighted by molar-refractivity contribution is -0.140. The van der Waals surface area contributed by atoms with Crippen molar-refractivity contribution in [2.75, 3.05) is 6.61 Å². The quantitative estimate of drug-likeness (QED) is 0.777. The van der Waals surface area contributed by atoms with Gasteiger partial charge in [-0.1, -0.05) is 6.07 Å². The van der Waals surface area contributed by atoms with Crippen molar-refractivity contribution in [3.8, 4) is 0 Å². The molecule has 1 aliphatic heterocycles. The van der Waals surface area contributed by atoms with Crippen molar-refractivity contribution >= 4 is 6.09 Å². The largest absolute Gasteiger partial charge is 0.447 e. The molecule has 1 atom stereocenters. The normalized spacial score (nSPS) is 20.0. The smallest absolute Gasteiger partial charge is 0.419 e. The molecule has 3 nitrogen and oxygen atoms in total. The summed E-state index contributed by atoms with van der Waals surface area (Å²) in [4.78, 5) is 10.7. The molecule has 7 heteroatoms. The second-order valence-corrected chi connectivity index (χ2v) is 3.53. The molecule has 2 rings (SSSR count). The molecule has 0 bridgehead atoms. The second kappa shape index (κ2) is 3.90. The van der Waals surface area contributed by atoms with Crippen molar-refractivity contribution in [3.05, 3.63) is 35.1 Å². The Bertz CT molecular complexity index is 458. The lowest BCUT2D eigenvalue weighted by Crippen LogP contribution is -2.19. The maximum atomic E-state index is 13.0. The molecule has 1 fully saturated rings. The highest BCUT2D eigenvalue weighted by atomic mass is 19.4. The van der Waals surface area contributed by atoms with Crippen LogP contribution in [0.3, 0.4) is 0 Å². The highest BCUT2D eigenvalue weighted by Gasteiger charge is 2.35. The third-order valence-electron chi connectivity index (χ3n) is 2.37. The molecule has 1 unspecified atom stereocenters. The molecule has 92 valence electrons. The molecule has 1 amide bonds. The van der Waals surface area contributed by atoms with Crippen LogP contribution in [0.25, 0.3) is 0 Å². The zero-order valence-corrected chi connectivity index (χ0v) is 8.34. The van der Waals surface area contributed by atoms with E-state index in [4.69, 9.17) is 0 Å². The summed E-state index contributed by atoms with van der Waals surface area (Å²) < 4.78 is 54.8. The lowest BCUT2D eigenvalue weighted by atomic mass is 10.0. The van der Waals surface area contributed by atoms with Gasteiger partial charge in [0.1, 0.15) is 12.4 Å². The number of hydrogen-bond donors (Lipinski definition) is 1. The summed E-state index contributed by atoms with van der Waals surface area (Å²) in [5, 5.41) is 2.32. The fraction of sp³-hybridized carbons (Fsp3) is 0.300. The summed E-state index contributed by atoms with van der Waals surface area (Å²) in [5.74, 6) is -1.34. The van der Waals surface area contributed by atoms with Crippen LogP contribution in [0, 0.1) is 5.82 Å². The SMILES string of the molecule is O=C1NC(c2ccc(F)c(C(F)(F)F)c2)CO1. The monoisotopic (exact) mass is 249 g/mol. The number of amides is 1.